The third kappa shape index (κ3) is 6.78. The van der Waals surface area contributed by atoms with Crippen LogP contribution in [0.2, 0.25) is 0 Å². The lowest BCUT2D eigenvalue weighted by atomic mass is 10.2. The van der Waals surface area contributed by atoms with Crippen LogP contribution in [0.1, 0.15) is 16.8 Å². The highest BCUT2D eigenvalue weighted by Gasteiger charge is 2.10. The zero-order chi connectivity index (χ0) is 17.8. The van der Waals surface area contributed by atoms with Gasteiger partial charge < -0.3 is 19.6 Å². The Morgan fingerprint density at radius 1 is 1.33 bits per heavy atom. The number of aromatic hydroxyl groups is 1. The number of phenolic OH excluding ortho intramolecular Hbond substituents is 1. The van der Waals surface area contributed by atoms with Gasteiger partial charge in [-0.05, 0) is 18.2 Å². The third-order valence-corrected chi connectivity index (χ3v) is 2.81. The van der Waals surface area contributed by atoms with Gasteiger partial charge in [-0.25, -0.2) is 4.79 Å². The molecule has 7 heteroatoms. The molecule has 0 heterocycles. The topological polar surface area (TPSA) is 88.4 Å². The lowest BCUT2D eigenvalue weighted by Crippen LogP contribution is -2.18. The molecular weight excluding hydrogens is 312 g/mol. The smallest absolute Gasteiger partial charge is 0.341 e. The van der Waals surface area contributed by atoms with Crippen LogP contribution in [0.4, 0.5) is 0 Å². The van der Waals surface area contributed by atoms with Crippen LogP contribution in [0.25, 0.3) is 0 Å². The SMILES string of the molecule is CO/N=C/C=C/C(=O)N(C)/C=C/CCOC(=O)c1ccccc1O. The predicted octanol–water partition coefficient (Wildman–Crippen LogP) is 2.10. The second kappa shape index (κ2) is 10.6. The number of allylic oxidation sites excluding steroid dienone is 1. The van der Waals surface area contributed by atoms with Crippen molar-refractivity contribution < 1.29 is 24.3 Å². The Hall–Kier alpha value is -3.09. The molecule has 128 valence electrons. The molecule has 0 bridgehead atoms. The number of amides is 1. The molecule has 1 N–H and O–H groups in total. The summed E-state index contributed by atoms with van der Waals surface area (Å²) in [6.07, 6.45) is 7.87. The van der Waals surface area contributed by atoms with E-state index in [0.717, 1.165) is 0 Å². The molecule has 1 aromatic carbocycles. The number of hydrogen-bond acceptors (Lipinski definition) is 6. The molecule has 0 aromatic heterocycles. The normalized spacial score (nSPS) is 11.2. The Morgan fingerprint density at radius 3 is 2.79 bits per heavy atom. The molecule has 1 amide bonds. The lowest BCUT2D eigenvalue weighted by Gasteiger charge is -2.08. The van der Waals surface area contributed by atoms with E-state index in [-0.39, 0.29) is 23.8 Å². The van der Waals surface area contributed by atoms with E-state index in [0.29, 0.717) is 6.42 Å². The van der Waals surface area contributed by atoms with Crippen LogP contribution in [0.5, 0.6) is 5.75 Å². The Labute approximate surface area is 140 Å². The quantitative estimate of drug-likeness (QED) is 0.259. The van der Waals surface area contributed by atoms with Gasteiger partial charge in [0.2, 0.25) is 5.91 Å². The van der Waals surface area contributed by atoms with Gasteiger partial charge in [-0.2, -0.15) is 0 Å². The van der Waals surface area contributed by atoms with Gasteiger partial charge >= 0.3 is 5.97 Å². The zero-order valence-corrected chi connectivity index (χ0v) is 13.6. The Kier molecular flexibility index (Phi) is 8.38. The van der Waals surface area contributed by atoms with Crippen LogP contribution in [0.15, 0.2) is 53.8 Å². The van der Waals surface area contributed by atoms with Crippen LogP contribution in [0.3, 0.4) is 0 Å². The number of likely N-dealkylation sites (N-methyl/N-ethyl adjacent to an activating group) is 1. The Balaban J connectivity index is 2.34. The summed E-state index contributed by atoms with van der Waals surface area (Å²) in [5.74, 6) is -0.946. The second-order valence-electron chi connectivity index (χ2n) is 4.57. The maximum atomic E-state index is 11.7. The van der Waals surface area contributed by atoms with Crippen molar-refractivity contribution in [1.29, 1.82) is 0 Å². The third-order valence-electron chi connectivity index (χ3n) is 2.81. The minimum Gasteiger partial charge on any atom is -0.507 e. The van der Waals surface area contributed by atoms with Crippen LogP contribution < -0.4 is 0 Å². The van der Waals surface area contributed by atoms with Gasteiger partial charge in [-0.3, -0.25) is 4.79 Å². The Bertz CT molecular complexity index is 638. The number of para-hydroxylation sites is 1. The standard InChI is InChI=1S/C17H20N2O5/c1-19(16(21)10-7-11-18-23-2)12-5-6-13-24-17(22)14-8-3-4-9-15(14)20/h3-5,7-12,20H,6,13H2,1-2H3/b10-7+,12-5+,18-11+. The number of hydrogen-bond donors (Lipinski definition) is 1. The first-order chi connectivity index (χ1) is 11.6. The number of carbonyl (C=O) groups is 2. The molecule has 0 saturated carbocycles. The minimum atomic E-state index is -0.591. The average molecular weight is 332 g/mol. The zero-order valence-electron chi connectivity index (χ0n) is 13.6. The molecule has 1 rings (SSSR count). The second-order valence-corrected chi connectivity index (χ2v) is 4.57. The van der Waals surface area contributed by atoms with Crippen molar-refractivity contribution >= 4 is 18.1 Å². The number of carbonyl (C=O) groups excluding carboxylic acids is 2. The van der Waals surface area contributed by atoms with E-state index in [9.17, 15) is 14.7 Å². The van der Waals surface area contributed by atoms with Crippen LogP contribution in [-0.2, 0) is 14.4 Å². The molecule has 0 saturated heterocycles. The van der Waals surface area contributed by atoms with Crippen molar-refractivity contribution in [2.75, 3.05) is 20.8 Å². The molecule has 0 radical (unpaired) electrons. The van der Waals surface area contributed by atoms with E-state index in [4.69, 9.17) is 4.74 Å². The van der Waals surface area contributed by atoms with Crippen molar-refractivity contribution in [3.05, 3.63) is 54.3 Å². The summed E-state index contributed by atoms with van der Waals surface area (Å²) < 4.78 is 5.04. The van der Waals surface area contributed by atoms with Crippen molar-refractivity contribution in [2.24, 2.45) is 5.16 Å². The highest BCUT2D eigenvalue weighted by Crippen LogP contribution is 2.16. The van der Waals surface area contributed by atoms with E-state index >= 15 is 0 Å². The number of oxime groups is 1. The van der Waals surface area contributed by atoms with Gasteiger partial charge in [-0.1, -0.05) is 23.4 Å². The first kappa shape index (κ1) is 19.0. The summed E-state index contributed by atoms with van der Waals surface area (Å²) in [5.41, 5.74) is 0.122. The van der Waals surface area contributed by atoms with Crippen LogP contribution >= 0.6 is 0 Å². The summed E-state index contributed by atoms with van der Waals surface area (Å²) in [6.45, 7) is 0.141. The summed E-state index contributed by atoms with van der Waals surface area (Å²) in [7, 11) is 3.01. The van der Waals surface area contributed by atoms with Crippen LogP contribution in [-0.4, -0.2) is 48.9 Å². The van der Waals surface area contributed by atoms with Gasteiger partial charge in [0.15, 0.2) is 0 Å². The van der Waals surface area contributed by atoms with Crippen molar-refractivity contribution in [1.82, 2.24) is 4.90 Å². The van der Waals surface area contributed by atoms with Crippen molar-refractivity contribution in [3.63, 3.8) is 0 Å². The van der Waals surface area contributed by atoms with Crippen molar-refractivity contribution in [3.8, 4) is 5.75 Å². The number of esters is 1. The number of ether oxygens (including phenoxy) is 1. The molecule has 0 aliphatic carbocycles. The largest absolute Gasteiger partial charge is 0.507 e. The first-order valence-electron chi connectivity index (χ1n) is 7.18. The molecule has 0 aliphatic rings. The predicted molar refractivity (Wildman–Crippen MR) is 89.6 cm³/mol. The molecule has 0 spiro atoms. The fraction of sp³-hybridized carbons (Fsp3) is 0.235. The van der Waals surface area contributed by atoms with Gasteiger partial charge in [0, 0.05) is 25.7 Å². The van der Waals surface area contributed by atoms with Gasteiger partial charge in [-0.15, -0.1) is 0 Å². The van der Waals surface area contributed by atoms with E-state index < -0.39 is 5.97 Å². The van der Waals surface area contributed by atoms with Gasteiger partial charge in [0.05, 0.1) is 12.8 Å². The highest BCUT2D eigenvalue weighted by atomic mass is 16.6. The fourth-order valence-corrected chi connectivity index (χ4v) is 1.59. The summed E-state index contributed by atoms with van der Waals surface area (Å²) in [5, 5.41) is 13.0. The average Bonchev–Trinajstić information content (AvgIpc) is 2.58. The Morgan fingerprint density at radius 2 is 2.08 bits per heavy atom. The van der Waals surface area contributed by atoms with E-state index in [1.165, 1.54) is 42.5 Å². The maximum absolute atomic E-state index is 11.7. The molecular formula is C17H20N2O5. The molecule has 0 unspecified atom stereocenters. The molecule has 0 atom stereocenters. The monoisotopic (exact) mass is 332 g/mol. The number of nitrogens with zero attached hydrogens (tertiary/aromatic N) is 2. The molecule has 24 heavy (non-hydrogen) atoms. The lowest BCUT2D eigenvalue weighted by molar-refractivity contribution is -0.122. The van der Waals surface area contributed by atoms with E-state index in [1.807, 2.05) is 0 Å². The number of phenols is 1. The molecule has 0 aliphatic heterocycles. The number of rotatable bonds is 8. The molecule has 0 fully saturated rings. The van der Waals surface area contributed by atoms with Crippen molar-refractivity contribution in [2.45, 2.75) is 6.42 Å². The van der Waals surface area contributed by atoms with Gasteiger partial charge in [0.1, 0.15) is 18.4 Å². The van der Waals surface area contributed by atoms with Crippen LogP contribution in [0, 0.1) is 0 Å². The molecule has 7 nitrogen and oxygen atoms in total. The fourth-order valence-electron chi connectivity index (χ4n) is 1.59. The highest BCUT2D eigenvalue weighted by molar-refractivity contribution is 5.92. The van der Waals surface area contributed by atoms with E-state index in [1.54, 1.807) is 31.5 Å². The minimum absolute atomic E-state index is 0.118. The number of benzene rings is 1. The first-order valence-corrected chi connectivity index (χ1v) is 7.18. The maximum Gasteiger partial charge on any atom is 0.341 e. The van der Waals surface area contributed by atoms with E-state index in [2.05, 4.69) is 9.99 Å². The summed E-state index contributed by atoms with van der Waals surface area (Å²) in [4.78, 5) is 29.2. The molecule has 1 aromatic rings. The summed E-state index contributed by atoms with van der Waals surface area (Å²) >= 11 is 0. The summed E-state index contributed by atoms with van der Waals surface area (Å²) in [6, 6.07) is 6.17. The van der Waals surface area contributed by atoms with Gasteiger partial charge in [0.25, 0.3) is 0 Å².